The third-order valence-electron chi connectivity index (χ3n) is 6.59. The van der Waals surface area contributed by atoms with Crippen LogP contribution < -0.4 is 20.5 Å². The summed E-state index contributed by atoms with van der Waals surface area (Å²) in [6.45, 7) is 4.31. The Morgan fingerprint density at radius 3 is 2.90 bits per heavy atom. The molecule has 2 N–H and O–H groups in total. The third-order valence-corrected chi connectivity index (χ3v) is 6.59. The molecule has 3 aliphatic rings. The fraction of sp³-hybridized carbons (Fsp3) is 0.435. The number of methoxy groups -OCH3 is 1. The molecule has 2 amide bonds. The summed E-state index contributed by atoms with van der Waals surface area (Å²) >= 11 is 0. The molecule has 1 aliphatic carbocycles. The summed E-state index contributed by atoms with van der Waals surface area (Å²) in [5.41, 5.74) is 11.7. The molecule has 0 radical (unpaired) electrons. The van der Waals surface area contributed by atoms with Crippen LogP contribution in [0.5, 0.6) is 5.75 Å². The van der Waals surface area contributed by atoms with Gasteiger partial charge in [-0.3, -0.25) is 15.8 Å². The lowest BCUT2D eigenvalue weighted by atomic mass is 9.77. The van der Waals surface area contributed by atoms with Gasteiger partial charge in [0.25, 0.3) is 0 Å². The van der Waals surface area contributed by atoms with Crippen molar-refractivity contribution in [2.75, 3.05) is 25.1 Å². The van der Waals surface area contributed by atoms with Crippen LogP contribution in [0.3, 0.4) is 0 Å². The summed E-state index contributed by atoms with van der Waals surface area (Å²) < 4.78 is 5.30. The zero-order valence-corrected chi connectivity index (χ0v) is 17.0. The number of hydrogen-bond donors (Lipinski definition) is 2. The van der Waals surface area contributed by atoms with Crippen LogP contribution in [-0.2, 0) is 13.0 Å². The fourth-order valence-electron chi connectivity index (χ4n) is 5.08. The van der Waals surface area contributed by atoms with Crippen molar-refractivity contribution in [1.29, 1.82) is 0 Å². The smallest absolute Gasteiger partial charge is 0.324 e. The van der Waals surface area contributed by atoms with Crippen molar-refractivity contribution in [3.05, 3.63) is 59.2 Å². The lowest BCUT2D eigenvalue weighted by Gasteiger charge is -2.30. The van der Waals surface area contributed by atoms with E-state index in [2.05, 4.69) is 36.0 Å². The quantitative estimate of drug-likeness (QED) is 0.840. The number of rotatable bonds is 4. The van der Waals surface area contributed by atoms with Crippen LogP contribution >= 0.6 is 0 Å². The number of amides is 2. The number of ether oxygens (including phenoxy) is 1. The van der Waals surface area contributed by atoms with Gasteiger partial charge in [-0.1, -0.05) is 18.2 Å². The van der Waals surface area contributed by atoms with Crippen molar-refractivity contribution >= 4 is 11.7 Å². The van der Waals surface area contributed by atoms with E-state index in [4.69, 9.17) is 4.74 Å². The highest BCUT2D eigenvalue weighted by molar-refractivity contribution is 5.94. The van der Waals surface area contributed by atoms with Crippen LogP contribution in [0.4, 0.5) is 10.5 Å². The molecule has 3 atom stereocenters. The fourth-order valence-corrected chi connectivity index (χ4v) is 5.08. The number of benzene rings is 2. The molecule has 5 rings (SSSR count). The Morgan fingerprint density at radius 2 is 2.03 bits per heavy atom. The minimum Gasteiger partial charge on any atom is -0.497 e. The summed E-state index contributed by atoms with van der Waals surface area (Å²) in [4.78, 5) is 16.9. The van der Waals surface area contributed by atoms with E-state index in [1.807, 2.05) is 34.1 Å². The van der Waals surface area contributed by atoms with Crippen molar-refractivity contribution in [2.45, 2.75) is 44.3 Å². The normalized spacial score (nSPS) is 25.9. The van der Waals surface area contributed by atoms with Crippen LogP contribution in [0, 0.1) is 0 Å². The van der Waals surface area contributed by atoms with Crippen molar-refractivity contribution in [3.63, 3.8) is 0 Å². The van der Waals surface area contributed by atoms with Gasteiger partial charge in [-0.15, -0.1) is 0 Å². The number of carbonyl (C=O) groups excluding carboxylic acids is 1. The monoisotopic (exact) mass is 392 g/mol. The van der Waals surface area contributed by atoms with Crippen LogP contribution in [0.15, 0.2) is 42.5 Å². The molecule has 2 aromatic rings. The molecule has 2 aliphatic heterocycles. The molecule has 2 heterocycles. The van der Waals surface area contributed by atoms with Crippen molar-refractivity contribution in [3.8, 4) is 5.75 Å². The standard InChI is InChI=1S/C23H28N4O2/c1-15-22-20-8-7-18(13-17(20)6-9-21(22)25-24-15)27-11-10-26(23(27)28)14-16-4-3-5-19(12-16)29-2/h3-5,7-8,12-13,15,21-22,24-25H,6,9-11,14H2,1-2H3. The average molecular weight is 393 g/mol. The van der Waals surface area contributed by atoms with Gasteiger partial charge in [0.1, 0.15) is 5.75 Å². The van der Waals surface area contributed by atoms with E-state index < -0.39 is 0 Å². The number of aryl methyl sites for hydroxylation is 1. The highest BCUT2D eigenvalue weighted by Gasteiger charge is 2.38. The van der Waals surface area contributed by atoms with Crippen molar-refractivity contribution in [2.24, 2.45) is 0 Å². The molecule has 29 heavy (non-hydrogen) atoms. The molecule has 6 nitrogen and oxygen atoms in total. The zero-order chi connectivity index (χ0) is 20.0. The Bertz CT molecular complexity index is 931. The number of nitrogens with zero attached hydrogens (tertiary/aromatic N) is 2. The van der Waals surface area contributed by atoms with Crippen LogP contribution in [0.25, 0.3) is 0 Å². The number of anilines is 1. The van der Waals surface area contributed by atoms with E-state index in [0.717, 1.165) is 42.9 Å². The maximum atomic E-state index is 13.1. The second-order valence-corrected chi connectivity index (χ2v) is 8.34. The minimum atomic E-state index is 0.0824. The Morgan fingerprint density at radius 1 is 1.14 bits per heavy atom. The van der Waals surface area contributed by atoms with Gasteiger partial charge in [-0.25, -0.2) is 4.79 Å². The number of fused-ring (bicyclic) bond motifs is 3. The molecule has 6 heteroatoms. The number of urea groups is 1. The first-order valence-electron chi connectivity index (χ1n) is 10.5. The average Bonchev–Trinajstić information content (AvgIpc) is 3.31. The van der Waals surface area contributed by atoms with Gasteiger partial charge in [0.05, 0.1) is 7.11 Å². The van der Waals surface area contributed by atoms with Gasteiger partial charge < -0.3 is 9.64 Å². The summed E-state index contributed by atoms with van der Waals surface area (Å²) in [6.07, 6.45) is 2.19. The molecule has 0 spiro atoms. The summed E-state index contributed by atoms with van der Waals surface area (Å²) in [7, 11) is 1.67. The first-order chi connectivity index (χ1) is 14.1. The molecule has 2 saturated heterocycles. The van der Waals surface area contributed by atoms with E-state index in [9.17, 15) is 4.79 Å². The first-order valence-corrected chi connectivity index (χ1v) is 10.5. The molecule has 0 saturated carbocycles. The number of nitrogens with one attached hydrogen (secondary N) is 2. The number of hydrazine groups is 1. The minimum absolute atomic E-state index is 0.0824. The number of carbonyl (C=O) groups is 1. The Balaban J connectivity index is 1.34. The highest BCUT2D eigenvalue weighted by atomic mass is 16.5. The second kappa shape index (κ2) is 7.35. The van der Waals surface area contributed by atoms with E-state index in [0.29, 0.717) is 24.5 Å². The molecule has 2 fully saturated rings. The maximum absolute atomic E-state index is 13.1. The second-order valence-electron chi connectivity index (χ2n) is 8.34. The summed E-state index contributed by atoms with van der Waals surface area (Å²) in [5.74, 6) is 1.33. The van der Waals surface area contributed by atoms with Gasteiger partial charge in [-0.2, -0.15) is 0 Å². The van der Waals surface area contributed by atoms with Crippen LogP contribution in [0.2, 0.25) is 0 Å². The highest BCUT2D eigenvalue weighted by Crippen LogP contribution is 2.38. The zero-order valence-electron chi connectivity index (χ0n) is 17.0. The van der Waals surface area contributed by atoms with E-state index in [1.54, 1.807) is 7.11 Å². The van der Waals surface area contributed by atoms with Gasteiger partial charge in [0.2, 0.25) is 0 Å². The predicted molar refractivity (Wildman–Crippen MR) is 113 cm³/mol. The predicted octanol–water partition coefficient (Wildman–Crippen LogP) is 3.03. The lowest BCUT2D eigenvalue weighted by Crippen LogP contribution is -2.34. The van der Waals surface area contributed by atoms with Crippen LogP contribution in [0.1, 0.15) is 36.0 Å². The summed E-state index contributed by atoms with van der Waals surface area (Å²) in [5, 5.41) is 0. The molecule has 152 valence electrons. The lowest BCUT2D eigenvalue weighted by molar-refractivity contribution is 0.218. The molecular weight excluding hydrogens is 364 g/mol. The van der Waals surface area contributed by atoms with E-state index in [-0.39, 0.29) is 6.03 Å². The number of hydrogen-bond acceptors (Lipinski definition) is 4. The van der Waals surface area contributed by atoms with Crippen LogP contribution in [-0.4, -0.2) is 43.2 Å². The molecule has 2 aromatic carbocycles. The van der Waals surface area contributed by atoms with Gasteiger partial charge in [0.15, 0.2) is 0 Å². The maximum Gasteiger partial charge on any atom is 0.324 e. The van der Waals surface area contributed by atoms with E-state index in [1.165, 1.54) is 11.1 Å². The Labute approximate surface area is 171 Å². The Hall–Kier alpha value is -2.57. The SMILES string of the molecule is COc1cccc(CN2CCN(c3ccc4c(c3)CCC3NNC(C)C43)C2=O)c1. The van der Waals surface area contributed by atoms with Gasteiger partial charge in [-0.05, 0) is 60.7 Å². The van der Waals surface area contributed by atoms with Gasteiger partial charge in [0, 0.05) is 43.3 Å². The van der Waals surface area contributed by atoms with Crippen molar-refractivity contribution < 1.29 is 9.53 Å². The summed E-state index contributed by atoms with van der Waals surface area (Å²) in [6, 6.07) is 15.6. The third kappa shape index (κ3) is 3.26. The molecular formula is C23H28N4O2. The molecule has 0 bridgehead atoms. The molecule has 0 aromatic heterocycles. The Kier molecular flexibility index (Phi) is 4.68. The molecule has 3 unspecified atom stereocenters. The largest absolute Gasteiger partial charge is 0.497 e. The first kappa shape index (κ1) is 18.5. The topological polar surface area (TPSA) is 56.8 Å². The van der Waals surface area contributed by atoms with E-state index >= 15 is 0 Å². The van der Waals surface area contributed by atoms with Gasteiger partial charge >= 0.3 is 6.03 Å². The van der Waals surface area contributed by atoms with Crippen molar-refractivity contribution in [1.82, 2.24) is 15.8 Å².